The molecule has 6 nitrogen and oxygen atoms in total. The fourth-order valence-electron chi connectivity index (χ4n) is 1.41. The number of rotatable bonds is 3. The minimum atomic E-state index is -0.249. The maximum Gasteiger partial charge on any atom is 0.270 e. The highest BCUT2D eigenvalue weighted by Crippen LogP contribution is 2.01. The fraction of sp³-hybridized carbons (Fsp3) is 0.182. The van der Waals surface area contributed by atoms with Crippen molar-refractivity contribution in [1.29, 1.82) is 0 Å². The third kappa shape index (κ3) is 2.81. The van der Waals surface area contributed by atoms with E-state index in [1.807, 2.05) is 13.2 Å². The van der Waals surface area contributed by atoms with Crippen molar-refractivity contribution >= 4 is 11.7 Å². The summed E-state index contributed by atoms with van der Waals surface area (Å²) in [6.45, 7) is 0.420. The number of hydrogen-bond acceptors (Lipinski definition) is 4. The first kappa shape index (κ1) is 11.1. The Morgan fingerprint density at radius 1 is 1.53 bits per heavy atom. The van der Waals surface area contributed by atoms with Crippen molar-refractivity contribution in [1.82, 2.24) is 20.1 Å². The Kier molecular flexibility index (Phi) is 3.04. The third-order valence-electron chi connectivity index (χ3n) is 2.21. The molecule has 0 aliphatic rings. The van der Waals surface area contributed by atoms with Gasteiger partial charge >= 0.3 is 0 Å². The van der Waals surface area contributed by atoms with Crippen LogP contribution in [0.2, 0.25) is 0 Å². The molecular formula is C11H13N5O. The van der Waals surface area contributed by atoms with Gasteiger partial charge in [0.05, 0.1) is 6.20 Å². The van der Waals surface area contributed by atoms with Gasteiger partial charge in [-0.2, -0.15) is 5.10 Å². The van der Waals surface area contributed by atoms with Crippen LogP contribution in [0, 0.1) is 0 Å². The number of hydrogen-bond donors (Lipinski definition) is 2. The first-order valence-corrected chi connectivity index (χ1v) is 5.13. The van der Waals surface area contributed by atoms with E-state index >= 15 is 0 Å². The molecule has 0 radical (unpaired) electrons. The number of nitrogen functional groups attached to an aromatic ring is 1. The molecule has 0 saturated carbocycles. The van der Waals surface area contributed by atoms with Gasteiger partial charge in [-0.15, -0.1) is 0 Å². The zero-order valence-electron chi connectivity index (χ0n) is 9.42. The van der Waals surface area contributed by atoms with Crippen molar-refractivity contribution < 1.29 is 4.79 Å². The van der Waals surface area contributed by atoms with Gasteiger partial charge in [0.2, 0.25) is 0 Å². The summed E-state index contributed by atoms with van der Waals surface area (Å²) in [6, 6.07) is 4.95. The smallest absolute Gasteiger partial charge is 0.270 e. The van der Waals surface area contributed by atoms with E-state index in [2.05, 4.69) is 15.4 Å². The molecule has 0 spiro atoms. The van der Waals surface area contributed by atoms with Crippen molar-refractivity contribution in [2.45, 2.75) is 6.54 Å². The molecule has 0 fully saturated rings. The van der Waals surface area contributed by atoms with Crippen molar-refractivity contribution in [2.24, 2.45) is 7.05 Å². The molecule has 0 atom stereocenters. The minimum absolute atomic E-state index is 0.249. The lowest BCUT2D eigenvalue weighted by Gasteiger charge is -2.03. The van der Waals surface area contributed by atoms with Crippen LogP contribution in [0.3, 0.4) is 0 Å². The van der Waals surface area contributed by atoms with Gasteiger partial charge in [0, 0.05) is 25.4 Å². The maximum absolute atomic E-state index is 11.7. The van der Waals surface area contributed by atoms with Gasteiger partial charge in [-0.1, -0.05) is 6.07 Å². The van der Waals surface area contributed by atoms with Crippen LogP contribution < -0.4 is 11.1 Å². The van der Waals surface area contributed by atoms with Gasteiger partial charge in [-0.25, -0.2) is 4.98 Å². The maximum atomic E-state index is 11.7. The molecule has 88 valence electrons. The number of aryl methyl sites for hydroxylation is 1. The molecule has 1 amide bonds. The monoisotopic (exact) mass is 231 g/mol. The number of nitrogens with zero attached hydrogens (tertiary/aromatic N) is 3. The SMILES string of the molecule is Cn1cc(CNC(=O)c2cccc(N)n2)cn1. The number of amides is 1. The van der Waals surface area contributed by atoms with Crippen molar-refractivity contribution in [3.8, 4) is 0 Å². The van der Waals surface area contributed by atoms with Gasteiger partial charge < -0.3 is 11.1 Å². The number of nitrogens with two attached hydrogens (primary N) is 1. The molecule has 0 aliphatic heterocycles. The average molecular weight is 231 g/mol. The van der Waals surface area contributed by atoms with E-state index in [4.69, 9.17) is 5.73 Å². The average Bonchev–Trinajstić information content (AvgIpc) is 2.72. The van der Waals surface area contributed by atoms with Crippen LogP contribution in [0.15, 0.2) is 30.6 Å². The van der Waals surface area contributed by atoms with E-state index in [1.165, 1.54) is 0 Å². The predicted octanol–water partition coefficient (Wildman–Crippen LogP) is 0.327. The summed E-state index contributed by atoms with van der Waals surface area (Å²) in [6.07, 6.45) is 3.54. The summed E-state index contributed by atoms with van der Waals surface area (Å²) in [4.78, 5) is 15.7. The van der Waals surface area contributed by atoms with Gasteiger partial charge in [-0.05, 0) is 12.1 Å². The largest absolute Gasteiger partial charge is 0.384 e. The summed E-state index contributed by atoms with van der Waals surface area (Å²) in [5.74, 6) is 0.0835. The first-order valence-electron chi connectivity index (χ1n) is 5.13. The number of carbonyl (C=O) groups is 1. The normalized spacial score (nSPS) is 10.2. The molecule has 0 aromatic carbocycles. The summed E-state index contributed by atoms with van der Waals surface area (Å²) in [7, 11) is 1.82. The lowest BCUT2D eigenvalue weighted by atomic mass is 10.3. The van der Waals surface area contributed by atoms with E-state index in [0.717, 1.165) is 5.56 Å². The number of carbonyl (C=O) groups excluding carboxylic acids is 1. The third-order valence-corrected chi connectivity index (χ3v) is 2.21. The van der Waals surface area contributed by atoms with E-state index in [0.29, 0.717) is 18.1 Å². The van der Waals surface area contributed by atoms with Crippen LogP contribution in [0.1, 0.15) is 16.1 Å². The molecule has 2 rings (SSSR count). The molecule has 0 unspecified atom stereocenters. The van der Waals surface area contributed by atoms with Crippen molar-refractivity contribution in [3.05, 3.63) is 41.9 Å². The first-order chi connectivity index (χ1) is 8.15. The minimum Gasteiger partial charge on any atom is -0.384 e. The molecule has 0 aliphatic carbocycles. The molecule has 3 N–H and O–H groups in total. The summed E-state index contributed by atoms with van der Waals surface area (Å²) >= 11 is 0. The number of aromatic nitrogens is 3. The lowest BCUT2D eigenvalue weighted by Crippen LogP contribution is -2.23. The Morgan fingerprint density at radius 3 is 3.00 bits per heavy atom. The number of anilines is 1. The zero-order valence-corrected chi connectivity index (χ0v) is 9.42. The van der Waals surface area contributed by atoms with E-state index < -0.39 is 0 Å². The molecule has 0 saturated heterocycles. The Balaban J connectivity index is 1.98. The number of nitrogens with one attached hydrogen (secondary N) is 1. The van der Waals surface area contributed by atoms with Crippen LogP contribution in [-0.2, 0) is 13.6 Å². The molecule has 6 heteroatoms. The Labute approximate surface area is 98.5 Å². The van der Waals surface area contributed by atoms with Crippen molar-refractivity contribution in [2.75, 3.05) is 5.73 Å². The van der Waals surface area contributed by atoms with Crippen molar-refractivity contribution in [3.63, 3.8) is 0 Å². The second kappa shape index (κ2) is 4.65. The molecule has 2 heterocycles. The molecule has 2 aromatic rings. The highest BCUT2D eigenvalue weighted by atomic mass is 16.1. The lowest BCUT2D eigenvalue weighted by molar-refractivity contribution is 0.0946. The van der Waals surface area contributed by atoms with Gasteiger partial charge in [0.1, 0.15) is 11.5 Å². The Bertz CT molecular complexity index is 534. The van der Waals surface area contributed by atoms with Crippen LogP contribution >= 0.6 is 0 Å². The predicted molar refractivity (Wildman–Crippen MR) is 63.0 cm³/mol. The zero-order chi connectivity index (χ0) is 12.3. The molecule has 2 aromatic heterocycles. The molecule has 0 bridgehead atoms. The highest BCUT2D eigenvalue weighted by Gasteiger charge is 2.07. The summed E-state index contributed by atoms with van der Waals surface area (Å²) in [5, 5.41) is 6.76. The van der Waals surface area contributed by atoms with Gasteiger partial charge in [0.25, 0.3) is 5.91 Å². The second-order valence-corrected chi connectivity index (χ2v) is 3.65. The summed E-state index contributed by atoms with van der Waals surface area (Å²) < 4.78 is 1.68. The van der Waals surface area contributed by atoms with Crippen LogP contribution in [0.25, 0.3) is 0 Å². The molecule has 17 heavy (non-hydrogen) atoms. The van der Waals surface area contributed by atoms with E-state index in [9.17, 15) is 4.79 Å². The van der Waals surface area contributed by atoms with E-state index in [-0.39, 0.29) is 5.91 Å². The Hall–Kier alpha value is -2.37. The second-order valence-electron chi connectivity index (χ2n) is 3.65. The Morgan fingerprint density at radius 2 is 2.35 bits per heavy atom. The standard InChI is InChI=1S/C11H13N5O/c1-16-7-8(6-14-16)5-13-11(17)9-3-2-4-10(12)15-9/h2-4,6-7H,5H2,1H3,(H2,12,15)(H,13,17). The van der Waals surface area contributed by atoms with Crippen LogP contribution in [-0.4, -0.2) is 20.7 Å². The van der Waals surface area contributed by atoms with Crippen LogP contribution in [0.4, 0.5) is 5.82 Å². The van der Waals surface area contributed by atoms with Crippen LogP contribution in [0.5, 0.6) is 0 Å². The van der Waals surface area contributed by atoms with E-state index in [1.54, 1.807) is 29.1 Å². The molecular weight excluding hydrogens is 218 g/mol. The highest BCUT2D eigenvalue weighted by molar-refractivity contribution is 5.92. The number of pyridine rings is 1. The topological polar surface area (TPSA) is 85.8 Å². The quantitative estimate of drug-likeness (QED) is 0.797. The fourth-order valence-corrected chi connectivity index (χ4v) is 1.41. The summed E-state index contributed by atoms with van der Waals surface area (Å²) in [5.41, 5.74) is 6.75. The van der Waals surface area contributed by atoms with Gasteiger partial charge in [0.15, 0.2) is 0 Å². The van der Waals surface area contributed by atoms with Gasteiger partial charge in [-0.3, -0.25) is 9.48 Å².